The first kappa shape index (κ1) is 22.7. The number of aryl methyl sites for hydroxylation is 1. The van der Waals surface area contributed by atoms with E-state index in [2.05, 4.69) is 48.7 Å². The van der Waals surface area contributed by atoms with E-state index >= 15 is 0 Å². The molecule has 37 heavy (non-hydrogen) atoms. The maximum Gasteiger partial charge on any atom is 0.224 e. The van der Waals surface area contributed by atoms with Gasteiger partial charge in [-0.15, -0.1) is 0 Å². The number of anilines is 1. The molecule has 0 aliphatic heterocycles. The smallest absolute Gasteiger partial charge is 0.224 e. The normalized spacial score (nSPS) is 11.6. The van der Waals surface area contributed by atoms with Crippen LogP contribution in [0.15, 0.2) is 73.4 Å². The molecule has 8 nitrogen and oxygen atoms in total. The van der Waals surface area contributed by atoms with Crippen LogP contribution in [0.25, 0.3) is 50.0 Å². The number of nitrogens with zero attached hydrogens (tertiary/aromatic N) is 4. The van der Waals surface area contributed by atoms with Crippen LogP contribution < -0.4 is 5.32 Å². The number of H-pyrrole nitrogens is 2. The van der Waals surface area contributed by atoms with E-state index in [0.717, 1.165) is 61.4 Å². The molecule has 0 spiro atoms. The number of hydrogen-bond donors (Lipinski definition) is 3. The first-order chi connectivity index (χ1) is 17.9. The zero-order valence-corrected chi connectivity index (χ0v) is 20.9. The average Bonchev–Trinajstić information content (AvgIpc) is 3.60. The molecule has 0 aliphatic rings. The Balaban J connectivity index is 1.38. The van der Waals surface area contributed by atoms with Crippen molar-refractivity contribution in [3.63, 3.8) is 0 Å². The highest BCUT2D eigenvalue weighted by molar-refractivity contribution is 5.99. The number of amides is 1. The van der Waals surface area contributed by atoms with Gasteiger partial charge in [-0.2, -0.15) is 5.10 Å². The molecule has 1 amide bonds. The van der Waals surface area contributed by atoms with Crippen molar-refractivity contribution in [2.75, 3.05) is 5.32 Å². The van der Waals surface area contributed by atoms with Crippen LogP contribution in [-0.2, 0) is 4.79 Å². The summed E-state index contributed by atoms with van der Waals surface area (Å²) in [5.41, 5.74) is 8.37. The molecule has 0 saturated heterocycles. The summed E-state index contributed by atoms with van der Waals surface area (Å²) in [6.07, 6.45) is 7.95. The number of carbonyl (C=O) groups excluding carboxylic acids is 1. The molecule has 4 aromatic heterocycles. The van der Waals surface area contributed by atoms with Crippen LogP contribution in [-0.4, -0.2) is 35.6 Å². The molecule has 0 bridgehead atoms. The van der Waals surface area contributed by atoms with Gasteiger partial charge in [-0.05, 0) is 54.3 Å². The van der Waals surface area contributed by atoms with Gasteiger partial charge in [-0.1, -0.05) is 32.0 Å². The SMILES string of the molecule is Cc1cn(-c2cncc3[nH]c(-c4n[nH]c5ccc(-c6cccc(NC(=O)CC(C)C)c6)cc45)cc23)cn1. The molecule has 184 valence electrons. The van der Waals surface area contributed by atoms with Crippen LogP contribution in [0.3, 0.4) is 0 Å². The quantitative estimate of drug-likeness (QED) is 0.257. The fourth-order valence-electron chi connectivity index (χ4n) is 4.68. The summed E-state index contributed by atoms with van der Waals surface area (Å²) < 4.78 is 1.98. The summed E-state index contributed by atoms with van der Waals surface area (Å²) in [5, 5.41) is 12.9. The first-order valence-corrected chi connectivity index (χ1v) is 12.3. The van der Waals surface area contributed by atoms with Crippen molar-refractivity contribution in [3.8, 4) is 28.2 Å². The van der Waals surface area contributed by atoms with Crippen molar-refractivity contribution in [3.05, 3.63) is 79.1 Å². The third kappa shape index (κ3) is 4.38. The van der Waals surface area contributed by atoms with E-state index in [-0.39, 0.29) is 5.91 Å². The number of rotatable bonds is 6. The minimum Gasteiger partial charge on any atom is -0.352 e. The number of aromatic nitrogens is 6. The number of pyridine rings is 1. The molecule has 2 aromatic carbocycles. The Morgan fingerprint density at radius 1 is 1.03 bits per heavy atom. The number of carbonyl (C=O) groups is 1. The van der Waals surface area contributed by atoms with E-state index in [0.29, 0.717) is 12.3 Å². The lowest BCUT2D eigenvalue weighted by Crippen LogP contribution is -2.13. The Morgan fingerprint density at radius 3 is 2.70 bits per heavy atom. The van der Waals surface area contributed by atoms with Crippen molar-refractivity contribution in [1.82, 2.24) is 29.7 Å². The molecule has 3 N–H and O–H groups in total. The van der Waals surface area contributed by atoms with E-state index in [1.165, 1.54) is 0 Å². The summed E-state index contributed by atoms with van der Waals surface area (Å²) in [7, 11) is 0. The van der Waals surface area contributed by atoms with E-state index in [1.807, 2.05) is 74.3 Å². The monoisotopic (exact) mass is 489 g/mol. The van der Waals surface area contributed by atoms with Crippen LogP contribution in [0.5, 0.6) is 0 Å². The van der Waals surface area contributed by atoms with E-state index in [9.17, 15) is 4.79 Å². The number of fused-ring (bicyclic) bond motifs is 2. The van der Waals surface area contributed by atoms with Gasteiger partial charge in [-0.25, -0.2) is 4.98 Å². The molecule has 6 aromatic rings. The Kier molecular flexibility index (Phi) is 5.56. The van der Waals surface area contributed by atoms with Gasteiger partial charge in [0.25, 0.3) is 0 Å². The number of nitrogens with one attached hydrogen (secondary N) is 3. The minimum atomic E-state index is 0.0262. The predicted molar refractivity (Wildman–Crippen MR) is 147 cm³/mol. The minimum absolute atomic E-state index is 0.0262. The first-order valence-electron chi connectivity index (χ1n) is 12.3. The van der Waals surface area contributed by atoms with E-state index in [1.54, 1.807) is 6.33 Å². The molecule has 0 atom stereocenters. The summed E-state index contributed by atoms with van der Waals surface area (Å²) in [6.45, 7) is 6.04. The summed E-state index contributed by atoms with van der Waals surface area (Å²) in [6, 6.07) is 16.3. The van der Waals surface area contributed by atoms with Crippen molar-refractivity contribution in [2.24, 2.45) is 5.92 Å². The van der Waals surface area contributed by atoms with Crippen LogP contribution >= 0.6 is 0 Å². The van der Waals surface area contributed by atoms with E-state index in [4.69, 9.17) is 0 Å². The predicted octanol–water partition coefficient (Wildman–Crippen LogP) is 6.25. The third-order valence-electron chi connectivity index (χ3n) is 6.41. The summed E-state index contributed by atoms with van der Waals surface area (Å²) >= 11 is 0. The lowest BCUT2D eigenvalue weighted by molar-refractivity contribution is -0.116. The fraction of sp³-hybridized carbons (Fsp3) is 0.172. The van der Waals surface area contributed by atoms with Gasteiger partial charge in [-0.3, -0.25) is 14.9 Å². The molecule has 0 radical (unpaired) electrons. The van der Waals surface area contributed by atoms with Crippen molar-refractivity contribution in [1.29, 1.82) is 0 Å². The van der Waals surface area contributed by atoms with E-state index < -0.39 is 0 Å². The van der Waals surface area contributed by atoms with Gasteiger partial charge >= 0.3 is 0 Å². The highest BCUT2D eigenvalue weighted by atomic mass is 16.1. The van der Waals surface area contributed by atoms with Gasteiger partial charge in [0, 0.05) is 29.1 Å². The largest absolute Gasteiger partial charge is 0.352 e. The maximum atomic E-state index is 12.3. The van der Waals surface area contributed by atoms with Gasteiger partial charge in [0.1, 0.15) is 5.69 Å². The number of aromatic amines is 2. The number of benzene rings is 2. The molecule has 6 rings (SSSR count). The van der Waals surface area contributed by atoms with Crippen LogP contribution in [0, 0.1) is 12.8 Å². The van der Waals surface area contributed by atoms with Gasteiger partial charge in [0.2, 0.25) is 5.91 Å². The summed E-state index contributed by atoms with van der Waals surface area (Å²) in [4.78, 5) is 24.5. The fourth-order valence-corrected chi connectivity index (χ4v) is 4.68. The molecule has 0 unspecified atom stereocenters. The second-order valence-electron chi connectivity index (χ2n) is 9.78. The number of hydrogen-bond acceptors (Lipinski definition) is 4. The molecule has 4 heterocycles. The molecule has 0 saturated carbocycles. The van der Waals surface area contributed by atoms with Gasteiger partial charge in [0.15, 0.2) is 0 Å². The molecule has 8 heteroatoms. The molecular weight excluding hydrogens is 462 g/mol. The summed E-state index contributed by atoms with van der Waals surface area (Å²) in [5.74, 6) is 0.337. The third-order valence-corrected chi connectivity index (χ3v) is 6.41. The van der Waals surface area contributed by atoms with Crippen molar-refractivity contribution < 1.29 is 4.79 Å². The zero-order chi connectivity index (χ0) is 25.5. The molecular formula is C29H27N7O. The lowest BCUT2D eigenvalue weighted by atomic mass is 10.0. The Bertz CT molecular complexity index is 1750. The Morgan fingerprint density at radius 2 is 1.89 bits per heavy atom. The lowest BCUT2D eigenvalue weighted by Gasteiger charge is -2.09. The average molecular weight is 490 g/mol. The molecule has 0 fully saturated rings. The Hall–Kier alpha value is -4.72. The molecule has 0 aliphatic carbocycles. The van der Waals surface area contributed by atoms with Crippen molar-refractivity contribution >= 4 is 33.4 Å². The van der Waals surface area contributed by atoms with Gasteiger partial charge < -0.3 is 14.9 Å². The van der Waals surface area contributed by atoms with Crippen LogP contribution in [0.2, 0.25) is 0 Å². The van der Waals surface area contributed by atoms with Crippen LogP contribution in [0.1, 0.15) is 26.0 Å². The second-order valence-corrected chi connectivity index (χ2v) is 9.78. The van der Waals surface area contributed by atoms with Crippen LogP contribution in [0.4, 0.5) is 5.69 Å². The Labute approximate surface area is 213 Å². The maximum absolute atomic E-state index is 12.3. The standard InChI is InChI=1S/C29H27N7O/c1-17(2)9-28(37)32-21-6-4-5-19(10-21)20-7-8-24-23(11-20)29(35-34-24)25-12-22-26(33-25)13-30-14-27(22)36-15-18(3)31-16-36/h4-8,10-17,33H,9H2,1-3H3,(H,32,37)(H,34,35). The van der Waals surface area contributed by atoms with Gasteiger partial charge in [0.05, 0.1) is 46.8 Å². The highest BCUT2D eigenvalue weighted by Gasteiger charge is 2.15. The topological polar surface area (TPSA) is 104 Å². The second kappa shape index (κ2) is 9.05. The zero-order valence-electron chi connectivity index (χ0n) is 20.9. The van der Waals surface area contributed by atoms with Crippen molar-refractivity contribution in [2.45, 2.75) is 27.2 Å². The number of imidazole rings is 1. The highest BCUT2D eigenvalue weighted by Crippen LogP contribution is 2.33.